The highest BCUT2D eigenvalue weighted by Crippen LogP contribution is 2.35. The first-order valence-corrected chi connectivity index (χ1v) is 11.2. The van der Waals surface area contributed by atoms with Crippen LogP contribution in [0.1, 0.15) is 19.0 Å². The average molecular weight is 522 g/mol. The molecule has 4 heterocycles. The molecule has 0 unspecified atom stereocenters. The van der Waals surface area contributed by atoms with Crippen molar-refractivity contribution in [2.24, 2.45) is 14.1 Å². The number of pyridine rings is 1. The first-order valence-electron chi connectivity index (χ1n) is 10.8. The van der Waals surface area contributed by atoms with Crippen LogP contribution in [0.4, 0.5) is 24.7 Å². The normalized spacial score (nSPS) is 12.5. The van der Waals surface area contributed by atoms with Crippen LogP contribution >= 0.6 is 11.6 Å². The van der Waals surface area contributed by atoms with Gasteiger partial charge in [-0.3, -0.25) is 4.68 Å². The Morgan fingerprint density at radius 3 is 2.61 bits per heavy atom. The molecule has 4 aromatic rings. The van der Waals surface area contributed by atoms with Crippen LogP contribution in [-0.2, 0) is 20.3 Å². The average Bonchev–Trinajstić information content (AvgIpc) is 3.36. The second kappa shape index (κ2) is 10.0. The van der Waals surface area contributed by atoms with E-state index in [1.165, 1.54) is 13.2 Å². The number of halogens is 4. The summed E-state index contributed by atoms with van der Waals surface area (Å²) in [5, 5.41) is 11.7. The van der Waals surface area contributed by atoms with Crippen LogP contribution in [0.5, 0.6) is 5.88 Å². The maximum Gasteiger partial charge on any atom is 0.433 e. The van der Waals surface area contributed by atoms with Crippen LogP contribution in [0.3, 0.4) is 0 Å². The monoisotopic (exact) mass is 521 g/mol. The SMILES string of the molecule is C[C@H](CCOc1c(-c2nccc(N)n2)cnn1C)Nc1cc(Cl)ncc1-c1cc(C(F)(F)F)n(C)n1. The molecule has 0 aliphatic carbocycles. The second-order valence-corrected chi connectivity index (χ2v) is 8.45. The number of nitrogens with two attached hydrogens (primary N) is 1. The van der Waals surface area contributed by atoms with E-state index in [1.54, 1.807) is 36.3 Å². The molecule has 0 saturated carbocycles. The van der Waals surface area contributed by atoms with Crippen molar-refractivity contribution in [2.75, 3.05) is 17.7 Å². The van der Waals surface area contributed by atoms with E-state index in [0.29, 0.717) is 47.4 Å². The summed E-state index contributed by atoms with van der Waals surface area (Å²) < 4.78 is 48.1. The Morgan fingerprint density at radius 1 is 1.14 bits per heavy atom. The molecule has 4 rings (SSSR count). The predicted octanol–water partition coefficient (Wildman–Crippen LogP) is 4.20. The molecule has 0 aliphatic rings. The van der Waals surface area contributed by atoms with E-state index in [9.17, 15) is 13.2 Å². The van der Waals surface area contributed by atoms with Gasteiger partial charge in [0.25, 0.3) is 0 Å². The number of anilines is 2. The van der Waals surface area contributed by atoms with Crippen molar-refractivity contribution in [2.45, 2.75) is 25.6 Å². The van der Waals surface area contributed by atoms with Crippen molar-refractivity contribution < 1.29 is 17.9 Å². The quantitative estimate of drug-likeness (QED) is 0.331. The van der Waals surface area contributed by atoms with Gasteiger partial charge in [0.2, 0.25) is 5.88 Å². The van der Waals surface area contributed by atoms with Gasteiger partial charge in [-0.15, -0.1) is 0 Å². The van der Waals surface area contributed by atoms with Gasteiger partial charge in [0, 0.05) is 50.2 Å². The zero-order chi connectivity index (χ0) is 26.0. The molecule has 4 aromatic heterocycles. The summed E-state index contributed by atoms with van der Waals surface area (Å²) >= 11 is 6.06. The molecule has 0 amide bonds. The van der Waals surface area contributed by atoms with Crippen molar-refractivity contribution >= 4 is 23.1 Å². The number of rotatable bonds is 8. The molecule has 1 atom stereocenters. The minimum atomic E-state index is -4.53. The predicted molar refractivity (Wildman–Crippen MR) is 128 cm³/mol. The summed E-state index contributed by atoms with van der Waals surface area (Å²) in [6, 6.07) is 3.97. The van der Waals surface area contributed by atoms with E-state index in [0.717, 1.165) is 10.7 Å². The van der Waals surface area contributed by atoms with E-state index in [2.05, 4.69) is 30.5 Å². The van der Waals surface area contributed by atoms with Crippen molar-refractivity contribution in [1.29, 1.82) is 0 Å². The lowest BCUT2D eigenvalue weighted by Crippen LogP contribution is -2.19. The highest BCUT2D eigenvalue weighted by Gasteiger charge is 2.35. The fraction of sp³-hybridized carbons (Fsp3) is 0.318. The number of alkyl halides is 3. The van der Waals surface area contributed by atoms with Gasteiger partial charge >= 0.3 is 6.18 Å². The maximum absolute atomic E-state index is 13.2. The zero-order valence-corrected chi connectivity index (χ0v) is 20.3. The van der Waals surface area contributed by atoms with Crippen LogP contribution < -0.4 is 15.8 Å². The molecule has 0 spiro atoms. The highest BCUT2D eigenvalue weighted by atomic mass is 35.5. The number of nitrogens with one attached hydrogen (secondary N) is 1. The topological polar surface area (TPSA) is 122 Å². The molecular formula is C22H23ClF3N9O. The van der Waals surface area contributed by atoms with Crippen molar-refractivity contribution in [3.63, 3.8) is 0 Å². The van der Waals surface area contributed by atoms with Crippen molar-refractivity contribution in [3.05, 3.63) is 47.6 Å². The first-order chi connectivity index (χ1) is 17.0. The van der Waals surface area contributed by atoms with Gasteiger partial charge in [0.05, 0.1) is 18.5 Å². The van der Waals surface area contributed by atoms with Crippen LogP contribution in [0.2, 0.25) is 5.15 Å². The molecule has 190 valence electrons. The fourth-order valence-electron chi connectivity index (χ4n) is 3.54. The fourth-order valence-corrected chi connectivity index (χ4v) is 3.70. The molecule has 0 bridgehead atoms. The largest absolute Gasteiger partial charge is 0.477 e. The molecule has 0 radical (unpaired) electrons. The molecule has 3 N–H and O–H groups in total. The van der Waals surface area contributed by atoms with E-state index < -0.39 is 11.9 Å². The summed E-state index contributed by atoms with van der Waals surface area (Å²) in [5.41, 5.74) is 6.52. The van der Waals surface area contributed by atoms with Crippen LogP contribution in [0.25, 0.3) is 22.6 Å². The van der Waals surface area contributed by atoms with Gasteiger partial charge in [-0.2, -0.15) is 23.4 Å². The van der Waals surface area contributed by atoms with Gasteiger partial charge in [-0.05, 0) is 25.1 Å². The van der Waals surface area contributed by atoms with E-state index in [4.69, 9.17) is 22.1 Å². The lowest BCUT2D eigenvalue weighted by molar-refractivity contribution is -0.143. The van der Waals surface area contributed by atoms with Crippen molar-refractivity contribution in [3.8, 4) is 28.5 Å². The lowest BCUT2D eigenvalue weighted by Gasteiger charge is -2.18. The van der Waals surface area contributed by atoms with Gasteiger partial charge < -0.3 is 15.8 Å². The van der Waals surface area contributed by atoms with E-state index >= 15 is 0 Å². The minimum Gasteiger partial charge on any atom is -0.477 e. The first kappa shape index (κ1) is 25.2. The third-order valence-electron chi connectivity index (χ3n) is 5.31. The van der Waals surface area contributed by atoms with Gasteiger partial charge in [-0.25, -0.2) is 19.6 Å². The number of nitrogens with zero attached hydrogens (tertiary/aromatic N) is 7. The van der Waals surface area contributed by atoms with Crippen LogP contribution in [-0.4, -0.2) is 47.2 Å². The molecule has 10 nitrogen and oxygen atoms in total. The minimum absolute atomic E-state index is 0.126. The van der Waals surface area contributed by atoms with E-state index in [-0.39, 0.29) is 16.9 Å². The maximum atomic E-state index is 13.2. The number of aromatic nitrogens is 7. The molecule has 0 fully saturated rings. The van der Waals surface area contributed by atoms with Gasteiger partial charge in [0.15, 0.2) is 5.82 Å². The Hall–Kier alpha value is -3.87. The Kier molecular flexibility index (Phi) is 7.02. The Balaban J connectivity index is 1.46. The molecule has 14 heteroatoms. The van der Waals surface area contributed by atoms with Crippen LogP contribution in [0, 0.1) is 0 Å². The van der Waals surface area contributed by atoms with E-state index in [1.807, 2.05) is 6.92 Å². The third-order valence-corrected chi connectivity index (χ3v) is 5.52. The standard InChI is InChI=1S/C22H23ClF3N9O/c1-12(5-7-36-21-14(11-30-35(21)3)20-28-6-4-19(27)32-20)31-15-9-18(23)29-10-13(15)16-8-17(22(24,25)26)34(2)33-16/h4,6,8-12H,5,7H2,1-3H3,(H,29,31)(H2,27,28,32)/t12-/m1/s1. The summed E-state index contributed by atoms with van der Waals surface area (Å²) in [6.45, 7) is 2.21. The zero-order valence-electron chi connectivity index (χ0n) is 19.6. The Labute approximate surface area is 209 Å². The van der Waals surface area contributed by atoms with Crippen molar-refractivity contribution in [1.82, 2.24) is 34.5 Å². The lowest BCUT2D eigenvalue weighted by atomic mass is 10.1. The molecule has 0 saturated heterocycles. The summed E-state index contributed by atoms with van der Waals surface area (Å²) in [4.78, 5) is 12.4. The molecule has 0 aliphatic heterocycles. The summed E-state index contributed by atoms with van der Waals surface area (Å²) in [6.07, 6.45) is 0.553. The Bertz CT molecular complexity index is 1370. The second-order valence-electron chi connectivity index (χ2n) is 8.06. The molecule has 36 heavy (non-hydrogen) atoms. The van der Waals surface area contributed by atoms with Gasteiger partial charge in [-0.1, -0.05) is 11.6 Å². The number of hydrogen-bond donors (Lipinski definition) is 2. The smallest absolute Gasteiger partial charge is 0.433 e. The van der Waals surface area contributed by atoms with Gasteiger partial charge in [0.1, 0.15) is 22.2 Å². The Morgan fingerprint density at radius 2 is 1.92 bits per heavy atom. The van der Waals surface area contributed by atoms with Crippen LogP contribution in [0.15, 0.2) is 36.8 Å². The number of aryl methyl sites for hydroxylation is 2. The highest BCUT2D eigenvalue weighted by molar-refractivity contribution is 6.29. The third kappa shape index (κ3) is 5.51. The number of hydrogen-bond acceptors (Lipinski definition) is 8. The molecular weight excluding hydrogens is 499 g/mol. The number of nitrogen functional groups attached to an aromatic ring is 1. The number of ether oxygens (including phenoxy) is 1. The summed E-state index contributed by atoms with van der Waals surface area (Å²) in [7, 11) is 2.98. The summed E-state index contributed by atoms with van der Waals surface area (Å²) in [5.74, 6) is 1.21. The molecule has 0 aromatic carbocycles.